The van der Waals surface area contributed by atoms with Crippen molar-refractivity contribution in [3.63, 3.8) is 0 Å². The molecule has 0 spiro atoms. The molecule has 25 heavy (non-hydrogen) atoms. The van der Waals surface area contributed by atoms with Crippen molar-refractivity contribution in [2.24, 2.45) is 0 Å². The molecule has 2 aromatic carbocycles. The second-order valence-corrected chi connectivity index (χ2v) is 5.15. The van der Waals surface area contributed by atoms with E-state index in [-0.39, 0.29) is 18.1 Å². The van der Waals surface area contributed by atoms with Gasteiger partial charge in [-0.2, -0.15) is 0 Å². The quantitative estimate of drug-likeness (QED) is 0.291. The molecule has 7 heteroatoms. The van der Waals surface area contributed by atoms with Gasteiger partial charge in [0.25, 0.3) is 5.69 Å². The first-order valence-corrected chi connectivity index (χ1v) is 7.70. The molecule has 0 aliphatic heterocycles. The van der Waals surface area contributed by atoms with Gasteiger partial charge in [0.1, 0.15) is 12.4 Å². The smallest absolute Gasteiger partial charge is 0.269 e. The van der Waals surface area contributed by atoms with Crippen molar-refractivity contribution in [2.75, 3.05) is 25.0 Å². The van der Waals surface area contributed by atoms with Crippen LogP contribution in [-0.2, 0) is 6.54 Å². The second kappa shape index (κ2) is 11.1. The molecule has 0 aliphatic carbocycles. The Labute approximate surface area is 153 Å². The van der Waals surface area contributed by atoms with Crippen LogP contribution in [0.2, 0.25) is 0 Å². The van der Waals surface area contributed by atoms with E-state index in [4.69, 9.17) is 4.74 Å². The number of nitro groups is 1. The van der Waals surface area contributed by atoms with Crippen molar-refractivity contribution in [1.29, 1.82) is 0 Å². The maximum Gasteiger partial charge on any atom is 0.269 e. The first-order valence-electron chi connectivity index (χ1n) is 7.70. The van der Waals surface area contributed by atoms with Crippen LogP contribution in [-0.4, -0.2) is 24.6 Å². The van der Waals surface area contributed by atoms with Gasteiger partial charge in [-0.05, 0) is 29.8 Å². The average molecular weight is 364 g/mol. The SMILES string of the molecule is C=CCOc1ccc(CNCCNc2ccc([N+](=O)[O-])cc2)cc1.Cl. The summed E-state index contributed by atoms with van der Waals surface area (Å²) in [6.07, 6.45) is 1.72. The fraction of sp³-hybridized carbons (Fsp3) is 0.222. The van der Waals surface area contributed by atoms with E-state index in [0.717, 1.165) is 31.1 Å². The van der Waals surface area contributed by atoms with E-state index < -0.39 is 4.92 Å². The van der Waals surface area contributed by atoms with Crippen LogP contribution in [0.1, 0.15) is 5.56 Å². The maximum atomic E-state index is 10.6. The van der Waals surface area contributed by atoms with E-state index in [1.165, 1.54) is 17.7 Å². The molecule has 0 atom stereocenters. The summed E-state index contributed by atoms with van der Waals surface area (Å²) in [5.74, 6) is 0.832. The first-order chi connectivity index (χ1) is 11.7. The van der Waals surface area contributed by atoms with Gasteiger partial charge in [0.15, 0.2) is 0 Å². The largest absolute Gasteiger partial charge is 0.490 e. The van der Waals surface area contributed by atoms with Crippen LogP contribution in [0.4, 0.5) is 11.4 Å². The molecule has 0 saturated carbocycles. The Morgan fingerprint density at radius 1 is 1.08 bits per heavy atom. The Morgan fingerprint density at radius 2 is 1.76 bits per heavy atom. The van der Waals surface area contributed by atoms with Crippen molar-refractivity contribution < 1.29 is 9.66 Å². The van der Waals surface area contributed by atoms with Gasteiger partial charge in [0, 0.05) is 37.5 Å². The molecule has 0 bridgehead atoms. The number of anilines is 1. The van der Waals surface area contributed by atoms with E-state index in [9.17, 15) is 10.1 Å². The Morgan fingerprint density at radius 3 is 2.36 bits per heavy atom. The predicted molar refractivity (Wildman–Crippen MR) is 103 cm³/mol. The third-order valence-corrected chi connectivity index (χ3v) is 3.33. The Bertz CT molecular complexity index is 660. The number of nitrogens with zero attached hydrogens (tertiary/aromatic N) is 1. The van der Waals surface area contributed by atoms with E-state index in [1.807, 2.05) is 24.3 Å². The van der Waals surface area contributed by atoms with Crippen molar-refractivity contribution in [3.05, 3.63) is 76.9 Å². The minimum absolute atomic E-state index is 0. The summed E-state index contributed by atoms with van der Waals surface area (Å²) in [6, 6.07) is 14.3. The zero-order valence-electron chi connectivity index (χ0n) is 13.8. The lowest BCUT2D eigenvalue weighted by atomic mass is 10.2. The van der Waals surface area contributed by atoms with Crippen molar-refractivity contribution in [1.82, 2.24) is 5.32 Å². The second-order valence-electron chi connectivity index (χ2n) is 5.15. The molecule has 0 aliphatic rings. The molecule has 2 rings (SSSR count). The highest BCUT2D eigenvalue weighted by Crippen LogP contribution is 2.15. The fourth-order valence-electron chi connectivity index (χ4n) is 2.09. The van der Waals surface area contributed by atoms with Gasteiger partial charge in [-0.3, -0.25) is 10.1 Å². The van der Waals surface area contributed by atoms with Crippen LogP contribution in [0.5, 0.6) is 5.75 Å². The normalized spacial score (nSPS) is 9.76. The number of halogens is 1. The zero-order chi connectivity index (χ0) is 17.2. The molecule has 134 valence electrons. The van der Waals surface area contributed by atoms with Gasteiger partial charge in [0.2, 0.25) is 0 Å². The third kappa shape index (κ3) is 7.24. The first kappa shape index (κ1) is 20.5. The standard InChI is InChI=1S/C18H21N3O3.ClH/c1-2-13-24-18-9-3-15(4-10-18)14-19-11-12-20-16-5-7-17(8-6-16)21(22)23;/h2-10,19-20H,1,11-14H2;1H. The molecule has 2 N–H and O–H groups in total. The maximum absolute atomic E-state index is 10.6. The fourth-order valence-corrected chi connectivity index (χ4v) is 2.09. The molecule has 6 nitrogen and oxygen atoms in total. The number of nitrogens with one attached hydrogen (secondary N) is 2. The Hall–Kier alpha value is -2.57. The molecule has 0 fully saturated rings. The van der Waals surface area contributed by atoms with Crippen molar-refractivity contribution in [2.45, 2.75) is 6.54 Å². The zero-order valence-corrected chi connectivity index (χ0v) is 14.6. The van der Waals surface area contributed by atoms with E-state index in [0.29, 0.717) is 6.61 Å². The molecular formula is C18H22ClN3O3. The highest BCUT2D eigenvalue weighted by Gasteiger charge is 2.03. The van der Waals surface area contributed by atoms with Gasteiger partial charge in [-0.25, -0.2) is 0 Å². The van der Waals surface area contributed by atoms with Gasteiger partial charge in [-0.15, -0.1) is 12.4 Å². The minimum Gasteiger partial charge on any atom is -0.490 e. The highest BCUT2D eigenvalue weighted by atomic mass is 35.5. The van der Waals surface area contributed by atoms with Crippen LogP contribution < -0.4 is 15.4 Å². The monoisotopic (exact) mass is 363 g/mol. The summed E-state index contributed by atoms with van der Waals surface area (Å²) in [5, 5.41) is 17.1. The summed E-state index contributed by atoms with van der Waals surface area (Å²) in [6.45, 7) is 6.41. The van der Waals surface area contributed by atoms with Crippen LogP contribution in [0.25, 0.3) is 0 Å². The Kier molecular flexibility index (Phi) is 9.06. The van der Waals surface area contributed by atoms with E-state index in [2.05, 4.69) is 17.2 Å². The summed E-state index contributed by atoms with van der Waals surface area (Å²) < 4.78 is 5.43. The summed E-state index contributed by atoms with van der Waals surface area (Å²) in [4.78, 5) is 10.2. The number of rotatable bonds is 10. The lowest BCUT2D eigenvalue weighted by Crippen LogP contribution is -2.21. The number of hydrogen-bond donors (Lipinski definition) is 2. The van der Waals surface area contributed by atoms with Gasteiger partial charge in [0.05, 0.1) is 4.92 Å². The molecule has 0 aromatic heterocycles. The summed E-state index contributed by atoms with van der Waals surface area (Å²) in [7, 11) is 0. The highest BCUT2D eigenvalue weighted by molar-refractivity contribution is 5.85. The van der Waals surface area contributed by atoms with Crippen molar-refractivity contribution in [3.8, 4) is 5.75 Å². The Balaban J connectivity index is 0.00000312. The van der Waals surface area contributed by atoms with E-state index in [1.54, 1.807) is 18.2 Å². The van der Waals surface area contributed by atoms with Crippen molar-refractivity contribution >= 4 is 23.8 Å². The summed E-state index contributed by atoms with van der Waals surface area (Å²) in [5.41, 5.74) is 2.14. The van der Waals surface area contributed by atoms with E-state index >= 15 is 0 Å². The van der Waals surface area contributed by atoms with Gasteiger partial charge in [-0.1, -0.05) is 24.8 Å². The van der Waals surface area contributed by atoms with Gasteiger partial charge >= 0.3 is 0 Å². The van der Waals surface area contributed by atoms with Gasteiger partial charge < -0.3 is 15.4 Å². The summed E-state index contributed by atoms with van der Waals surface area (Å²) >= 11 is 0. The molecule has 0 heterocycles. The molecule has 2 aromatic rings. The number of hydrogen-bond acceptors (Lipinski definition) is 5. The molecule has 0 unspecified atom stereocenters. The predicted octanol–water partition coefficient (Wildman–Crippen LogP) is 3.78. The lowest BCUT2D eigenvalue weighted by Gasteiger charge is -2.08. The molecule has 0 radical (unpaired) electrons. The number of nitro benzene ring substituents is 1. The number of ether oxygens (including phenoxy) is 1. The van der Waals surface area contributed by atoms with Crippen LogP contribution >= 0.6 is 12.4 Å². The lowest BCUT2D eigenvalue weighted by molar-refractivity contribution is -0.384. The third-order valence-electron chi connectivity index (χ3n) is 3.33. The topological polar surface area (TPSA) is 76.4 Å². The molecule has 0 amide bonds. The minimum atomic E-state index is -0.404. The number of non-ortho nitro benzene ring substituents is 1. The molecular weight excluding hydrogens is 342 g/mol. The molecule has 0 saturated heterocycles. The average Bonchev–Trinajstić information content (AvgIpc) is 2.61. The van der Waals surface area contributed by atoms with Crippen LogP contribution in [0.15, 0.2) is 61.2 Å². The number of benzene rings is 2. The van der Waals surface area contributed by atoms with Crippen LogP contribution in [0, 0.1) is 10.1 Å². The van der Waals surface area contributed by atoms with Crippen LogP contribution in [0.3, 0.4) is 0 Å².